The van der Waals surface area contributed by atoms with Crippen LogP contribution < -0.4 is 19.5 Å². The summed E-state index contributed by atoms with van der Waals surface area (Å²) < 4.78 is 36.9. The van der Waals surface area contributed by atoms with Gasteiger partial charge < -0.3 is 14.8 Å². The molecule has 0 aliphatic rings. The van der Waals surface area contributed by atoms with Crippen LogP contribution >= 0.6 is 22.9 Å². The van der Waals surface area contributed by atoms with E-state index in [-0.39, 0.29) is 4.21 Å². The van der Waals surface area contributed by atoms with Gasteiger partial charge in [0.05, 0.1) is 30.8 Å². The fourth-order valence-electron chi connectivity index (χ4n) is 1.78. The maximum Gasteiger partial charge on any atom is 0.250 e. The van der Waals surface area contributed by atoms with E-state index in [1.54, 1.807) is 18.2 Å². The summed E-state index contributed by atoms with van der Waals surface area (Å²) >= 11 is 6.63. The van der Waals surface area contributed by atoms with Crippen LogP contribution in [0.25, 0.3) is 0 Å². The summed E-state index contributed by atoms with van der Waals surface area (Å²) in [6.45, 7) is -0.432. The summed E-state index contributed by atoms with van der Waals surface area (Å²) in [7, 11) is -0.835. The van der Waals surface area contributed by atoms with E-state index in [9.17, 15) is 13.2 Å². The molecule has 2 aromatic rings. The van der Waals surface area contributed by atoms with Gasteiger partial charge in [0.2, 0.25) is 5.91 Å². The normalized spacial score (nSPS) is 11.1. The molecule has 0 saturated heterocycles. The molecule has 1 heterocycles. The molecule has 0 unspecified atom stereocenters. The van der Waals surface area contributed by atoms with Crippen LogP contribution in [0, 0.1) is 0 Å². The van der Waals surface area contributed by atoms with Crippen molar-refractivity contribution >= 4 is 44.6 Å². The van der Waals surface area contributed by atoms with Gasteiger partial charge in [-0.25, -0.2) is 13.1 Å². The summed E-state index contributed by atoms with van der Waals surface area (Å²) in [5.41, 5.74) is 0.375. The van der Waals surface area contributed by atoms with Gasteiger partial charge in [0.25, 0.3) is 10.0 Å². The topological polar surface area (TPSA) is 93.7 Å². The molecule has 0 atom stereocenters. The summed E-state index contributed by atoms with van der Waals surface area (Å²) in [6, 6.07) is 7.73. The van der Waals surface area contributed by atoms with Crippen LogP contribution in [0.15, 0.2) is 34.5 Å². The number of anilines is 1. The number of hydrogen-bond donors (Lipinski definition) is 2. The number of nitrogens with one attached hydrogen (secondary N) is 2. The van der Waals surface area contributed by atoms with Gasteiger partial charge >= 0.3 is 0 Å². The van der Waals surface area contributed by atoms with Crippen LogP contribution in [0.5, 0.6) is 11.5 Å². The van der Waals surface area contributed by atoms with Crippen molar-refractivity contribution in [1.29, 1.82) is 0 Å². The van der Waals surface area contributed by atoms with Crippen molar-refractivity contribution < 1.29 is 22.7 Å². The van der Waals surface area contributed by atoms with Crippen molar-refractivity contribution in [3.05, 3.63) is 34.7 Å². The number of benzene rings is 1. The second-order valence-electron chi connectivity index (χ2n) is 4.50. The molecule has 130 valence electrons. The third kappa shape index (κ3) is 4.60. The molecule has 0 spiro atoms. The first-order valence-electron chi connectivity index (χ1n) is 6.62. The highest BCUT2D eigenvalue weighted by molar-refractivity contribution is 7.91. The second-order valence-corrected chi connectivity index (χ2v) is 8.21. The summed E-state index contributed by atoms with van der Waals surface area (Å²) in [5.74, 6) is 0.407. The Hall–Kier alpha value is -1.81. The molecular weight excluding hydrogens is 376 g/mol. The minimum atomic E-state index is -3.79. The molecule has 1 aromatic heterocycles. The van der Waals surface area contributed by atoms with E-state index >= 15 is 0 Å². The third-order valence-corrected chi connectivity index (χ3v) is 6.04. The zero-order valence-corrected chi connectivity index (χ0v) is 15.2. The van der Waals surface area contributed by atoms with Crippen molar-refractivity contribution in [3.63, 3.8) is 0 Å². The van der Waals surface area contributed by atoms with Crippen LogP contribution in [-0.4, -0.2) is 35.1 Å². The van der Waals surface area contributed by atoms with E-state index in [0.29, 0.717) is 21.5 Å². The highest BCUT2D eigenvalue weighted by Crippen LogP contribution is 2.29. The highest BCUT2D eigenvalue weighted by Gasteiger charge is 2.18. The SMILES string of the molecule is COc1ccc(OC)c(NC(=O)CNS(=O)(=O)c2ccc(Cl)s2)c1. The largest absolute Gasteiger partial charge is 0.497 e. The lowest BCUT2D eigenvalue weighted by Crippen LogP contribution is -2.32. The number of carbonyl (C=O) groups excluding carboxylic acids is 1. The lowest BCUT2D eigenvalue weighted by atomic mass is 10.2. The Balaban J connectivity index is 2.03. The van der Waals surface area contributed by atoms with Gasteiger partial charge in [-0.15, -0.1) is 11.3 Å². The predicted octanol–water partition coefficient (Wildman–Crippen LogP) is 2.34. The van der Waals surface area contributed by atoms with E-state index in [1.807, 2.05) is 0 Å². The number of carbonyl (C=O) groups is 1. The zero-order valence-electron chi connectivity index (χ0n) is 12.8. The van der Waals surface area contributed by atoms with E-state index < -0.39 is 22.5 Å². The number of thiophene rings is 1. The number of rotatable bonds is 7. The van der Waals surface area contributed by atoms with E-state index in [1.165, 1.54) is 26.4 Å². The molecule has 0 bridgehead atoms. The van der Waals surface area contributed by atoms with Gasteiger partial charge in [0.15, 0.2) is 0 Å². The Morgan fingerprint density at radius 3 is 2.54 bits per heavy atom. The number of halogens is 1. The van der Waals surface area contributed by atoms with Crippen molar-refractivity contribution in [1.82, 2.24) is 4.72 Å². The summed E-state index contributed by atoms with van der Waals surface area (Å²) in [6.07, 6.45) is 0. The fourth-order valence-corrected chi connectivity index (χ4v) is 4.29. The maximum absolute atomic E-state index is 12.0. The predicted molar refractivity (Wildman–Crippen MR) is 92.7 cm³/mol. The summed E-state index contributed by atoms with van der Waals surface area (Å²) in [4.78, 5) is 12.0. The molecule has 0 radical (unpaired) electrons. The lowest BCUT2D eigenvalue weighted by Gasteiger charge is -2.12. The standard InChI is InChI=1S/C14H15ClN2O5S2/c1-21-9-3-4-11(22-2)10(7-9)17-13(18)8-16-24(19,20)14-6-5-12(15)23-14/h3-7,16H,8H2,1-2H3,(H,17,18). The number of sulfonamides is 1. The third-order valence-electron chi connectivity index (χ3n) is 2.92. The Morgan fingerprint density at radius 2 is 1.96 bits per heavy atom. The van der Waals surface area contributed by atoms with Crippen molar-refractivity contribution in [2.45, 2.75) is 4.21 Å². The molecule has 0 aliphatic heterocycles. The van der Waals surface area contributed by atoms with Crippen LogP contribution in [-0.2, 0) is 14.8 Å². The highest BCUT2D eigenvalue weighted by atomic mass is 35.5. The van der Waals surface area contributed by atoms with Gasteiger partial charge in [0.1, 0.15) is 15.7 Å². The summed E-state index contributed by atoms with van der Waals surface area (Å²) in [5, 5.41) is 2.57. The quantitative estimate of drug-likeness (QED) is 0.756. The Morgan fingerprint density at radius 1 is 1.21 bits per heavy atom. The smallest absolute Gasteiger partial charge is 0.250 e. The van der Waals surface area contributed by atoms with Crippen LogP contribution in [0.3, 0.4) is 0 Å². The number of ether oxygens (including phenoxy) is 2. The lowest BCUT2D eigenvalue weighted by molar-refractivity contribution is -0.115. The van der Waals surface area contributed by atoms with Gasteiger partial charge in [-0.3, -0.25) is 4.79 Å². The Labute approximate surface area is 148 Å². The van der Waals surface area contributed by atoms with Crippen molar-refractivity contribution in [2.75, 3.05) is 26.1 Å². The van der Waals surface area contributed by atoms with Crippen LogP contribution in [0.4, 0.5) is 5.69 Å². The van der Waals surface area contributed by atoms with E-state index in [4.69, 9.17) is 21.1 Å². The molecule has 1 amide bonds. The minimum Gasteiger partial charge on any atom is -0.497 e. The molecule has 1 aromatic carbocycles. The second kappa shape index (κ2) is 7.84. The van der Waals surface area contributed by atoms with Crippen LogP contribution in [0.1, 0.15) is 0 Å². The monoisotopic (exact) mass is 390 g/mol. The van der Waals surface area contributed by atoms with Gasteiger partial charge in [0, 0.05) is 6.07 Å². The molecule has 2 rings (SSSR count). The van der Waals surface area contributed by atoms with Gasteiger partial charge in [-0.2, -0.15) is 0 Å². The average Bonchev–Trinajstić information content (AvgIpc) is 3.00. The molecule has 0 aliphatic carbocycles. The Bertz CT molecular complexity index is 835. The molecule has 7 nitrogen and oxygen atoms in total. The molecule has 0 fully saturated rings. The minimum absolute atomic E-state index is 0.0410. The first kappa shape index (κ1) is 18.5. The van der Waals surface area contributed by atoms with Crippen molar-refractivity contribution in [2.24, 2.45) is 0 Å². The molecular formula is C14H15ClN2O5S2. The molecule has 24 heavy (non-hydrogen) atoms. The first-order valence-corrected chi connectivity index (χ1v) is 9.30. The number of hydrogen-bond acceptors (Lipinski definition) is 6. The number of amides is 1. The zero-order chi connectivity index (χ0) is 17.7. The van der Waals surface area contributed by atoms with E-state index in [2.05, 4.69) is 10.0 Å². The molecule has 2 N–H and O–H groups in total. The van der Waals surface area contributed by atoms with E-state index in [0.717, 1.165) is 11.3 Å². The first-order chi connectivity index (χ1) is 11.4. The van der Waals surface area contributed by atoms with Gasteiger partial charge in [-0.05, 0) is 24.3 Å². The molecule has 10 heteroatoms. The fraction of sp³-hybridized carbons (Fsp3) is 0.214. The van der Waals surface area contributed by atoms with Crippen molar-refractivity contribution in [3.8, 4) is 11.5 Å². The van der Waals surface area contributed by atoms with Crippen LogP contribution in [0.2, 0.25) is 4.34 Å². The maximum atomic E-state index is 12.0. The van der Waals surface area contributed by atoms with Gasteiger partial charge in [-0.1, -0.05) is 11.6 Å². The Kier molecular flexibility index (Phi) is 6.05. The average molecular weight is 391 g/mol. The molecule has 0 saturated carbocycles. The number of methoxy groups -OCH3 is 2.